The van der Waals surface area contributed by atoms with Crippen LogP contribution < -0.4 is 4.74 Å². The molecule has 2 aromatic rings. The fourth-order valence-electron chi connectivity index (χ4n) is 4.73. The van der Waals surface area contributed by atoms with Crippen LogP contribution in [0.1, 0.15) is 23.6 Å². The van der Waals surface area contributed by atoms with Gasteiger partial charge in [-0.25, -0.2) is 0 Å². The number of esters is 1. The summed E-state index contributed by atoms with van der Waals surface area (Å²) in [4.78, 5) is 29.7. The van der Waals surface area contributed by atoms with E-state index in [2.05, 4.69) is 4.90 Å². The number of methoxy groups -OCH3 is 2. The molecule has 2 aliphatic heterocycles. The second-order valence-corrected chi connectivity index (χ2v) is 7.66. The number of hydrogen-bond donors (Lipinski definition) is 0. The number of ether oxygens (including phenoxy) is 2. The Bertz CT molecular complexity index is 885. The normalized spacial score (nSPS) is 24.3. The second-order valence-electron chi connectivity index (χ2n) is 7.66. The first-order valence-corrected chi connectivity index (χ1v) is 9.90. The zero-order valence-electron chi connectivity index (χ0n) is 16.8. The summed E-state index contributed by atoms with van der Waals surface area (Å²) in [7, 11) is 3.07. The number of piperazine rings is 1. The van der Waals surface area contributed by atoms with E-state index in [4.69, 9.17) is 9.47 Å². The molecule has 3 atom stereocenters. The quantitative estimate of drug-likeness (QED) is 0.730. The molecule has 6 heteroatoms. The van der Waals surface area contributed by atoms with Gasteiger partial charge >= 0.3 is 5.97 Å². The van der Waals surface area contributed by atoms with Gasteiger partial charge in [-0.15, -0.1) is 0 Å². The smallest absolute Gasteiger partial charge is 0.311 e. The van der Waals surface area contributed by atoms with Gasteiger partial charge in [-0.05, 0) is 18.1 Å². The fraction of sp³-hybridized carbons (Fsp3) is 0.391. The molecule has 1 amide bonds. The van der Waals surface area contributed by atoms with Gasteiger partial charge < -0.3 is 14.4 Å². The van der Waals surface area contributed by atoms with Crippen LogP contribution in [0.25, 0.3) is 0 Å². The van der Waals surface area contributed by atoms with Crippen molar-refractivity contribution in [2.75, 3.05) is 27.3 Å². The van der Waals surface area contributed by atoms with Crippen LogP contribution >= 0.6 is 0 Å². The lowest BCUT2D eigenvalue weighted by Crippen LogP contribution is -2.54. The van der Waals surface area contributed by atoms with Gasteiger partial charge in [-0.2, -0.15) is 0 Å². The number of carbonyl (C=O) groups excluding carboxylic acids is 2. The minimum absolute atomic E-state index is 0.0136. The third kappa shape index (κ3) is 3.72. The van der Waals surface area contributed by atoms with Gasteiger partial charge in [0.1, 0.15) is 5.75 Å². The fourth-order valence-corrected chi connectivity index (χ4v) is 4.73. The van der Waals surface area contributed by atoms with E-state index < -0.39 is 0 Å². The number of para-hydroxylation sites is 1. The first-order valence-electron chi connectivity index (χ1n) is 9.90. The summed E-state index contributed by atoms with van der Waals surface area (Å²) < 4.78 is 10.5. The van der Waals surface area contributed by atoms with E-state index in [0.717, 1.165) is 23.4 Å². The summed E-state index contributed by atoms with van der Waals surface area (Å²) in [5.41, 5.74) is 2.04. The lowest BCUT2D eigenvalue weighted by molar-refractivity contribution is -0.147. The van der Waals surface area contributed by atoms with Crippen molar-refractivity contribution in [2.45, 2.75) is 25.0 Å². The standard InChI is InChI=1S/C23H26N2O4/c1-28-20-11-7-6-10-17(20)13-24-14-18-12-19(23(27)29-2)22(25(18)21(26)15-24)16-8-4-3-5-9-16/h3-11,18-19,22H,12-15H2,1-2H3/t18-,19-,22-/m0/s1. The molecule has 2 aliphatic rings. The Balaban J connectivity index is 1.58. The number of hydrogen-bond acceptors (Lipinski definition) is 5. The lowest BCUT2D eigenvalue weighted by atomic mass is 9.93. The monoisotopic (exact) mass is 394 g/mol. The zero-order valence-corrected chi connectivity index (χ0v) is 16.8. The molecular formula is C23H26N2O4. The third-order valence-corrected chi connectivity index (χ3v) is 5.95. The van der Waals surface area contributed by atoms with Crippen LogP contribution in [0.5, 0.6) is 5.75 Å². The number of carbonyl (C=O) groups is 2. The molecule has 6 nitrogen and oxygen atoms in total. The Morgan fingerprint density at radius 3 is 2.52 bits per heavy atom. The van der Waals surface area contributed by atoms with E-state index in [0.29, 0.717) is 19.5 Å². The summed E-state index contributed by atoms with van der Waals surface area (Å²) in [6, 6.07) is 17.4. The Kier molecular flexibility index (Phi) is 5.53. The van der Waals surface area contributed by atoms with Gasteiger partial charge in [0.15, 0.2) is 0 Å². The summed E-state index contributed by atoms with van der Waals surface area (Å²) in [6.45, 7) is 1.69. The molecule has 2 aromatic carbocycles. The molecule has 0 N–H and O–H groups in total. The maximum Gasteiger partial charge on any atom is 0.311 e. The van der Waals surface area contributed by atoms with E-state index in [1.54, 1.807) is 7.11 Å². The number of benzene rings is 2. The largest absolute Gasteiger partial charge is 0.496 e. The van der Waals surface area contributed by atoms with Crippen molar-refractivity contribution in [1.82, 2.24) is 9.80 Å². The molecule has 0 unspecified atom stereocenters. The minimum Gasteiger partial charge on any atom is -0.496 e. The van der Waals surface area contributed by atoms with Crippen molar-refractivity contribution >= 4 is 11.9 Å². The van der Waals surface area contributed by atoms with Crippen LogP contribution in [0, 0.1) is 5.92 Å². The highest BCUT2D eigenvalue weighted by Gasteiger charge is 2.50. The van der Waals surface area contributed by atoms with Crippen molar-refractivity contribution in [1.29, 1.82) is 0 Å². The second kappa shape index (κ2) is 8.25. The molecule has 0 saturated carbocycles. The van der Waals surface area contributed by atoms with Crippen molar-refractivity contribution in [3.8, 4) is 5.75 Å². The predicted molar refractivity (Wildman–Crippen MR) is 108 cm³/mol. The molecule has 0 bridgehead atoms. The van der Waals surface area contributed by atoms with Crippen LogP contribution in [0.4, 0.5) is 0 Å². The Morgan fingerprint density at radius 2 is 1.79 bits per heavy atom. The van der Waals surface area contributed by atoms with Crippen molar-refractivity contribution < 1.29 is 19.1 Å². The first kappa shape index (κ1) is 19.5. The Labute approximate surface area is 171 Å². The van der Waals surface area contributed by atoms with Crippen LogP contribution in [-0.2, 0) is 20.9 Å². The molecule has 2 fully saturated rings. The molecule has 2 saturated heterocycles. The van der Waals surface area contributed by atoms with Crippen LogP contribution in [0.2, 0.25) is 0 Å². The van der Waals surface area contributed by atoms with Crippen molar-refractivity contribution in [3.05, 3.63) is 65.7 Å². The van der Waals surface area contributed by atoms with Gasteiger partial charge in [0.2, 0.25) is 5.91 Å². The number of rotatable bonds is 5. The molecule has 29 heavy (non-hydrogen) atoms. The first-order chi connectivity index (χ1) is 14.1. The summed E-state index contributed by atoms with van der Waals surface area (Å²) in [5, 5.41) is 0. The average Bonchev–Trinajstić information content (AvgIpc) is 3.14. The van der Waals surface area contributed by atoms with E-state index in [1.807, 2.05) is 59.5 Å². The number of nitrogens with zero attached hydrogens (tertiary/aromatic N) is 2. The summed E-state index contributed by atoms with van der Waals surface area (Å²) >= 11 is 0. The molecule has 2 heterocycles. The number of fused-ring (bicyclic) bond motifs is 1. The molecular weight excluding hydrogens is 368 g/mol. The molecule has 0 aromatic heterocycles. The molecule has 0 radical (unpaired) electrons. The molecule has 4 rings (SSSR count). The van der Waals surface area contributed by atoms with E-state index in [9.17, 15) is 9.59 Å². The van der Waals surface area contributed by atoms with Crippen molar-refractivity contribution in [3.63, 3.8) is 0 Å². The predicted octanol–water partition coefficient (Wildman–Crippen LogP) is 2.64. The third-order valence-electron chi connectivity index (χ3n) is 5.95. The van der Waals surface area contributed by atoms with Gasteiger partial charge in [0.25, 0.3) is 0 Å². The minimum atomic E-state index is -0.345. The Morgan fingerprint density at radius 1 is 1.07 bits per heavy atom. The van der Waals surface area contributed by atoms with Crippen LogP contribution in [0.3, 0.4) is 0 Å². The Hall–Kier alpha value is -2.86. The highest BCUT2D eigenvalue weighted by Crippen LogP contribution is 2.43. The van der Waals surface area contributed by atoms with Gasteiger partial charge in [-0.1, -0.05) is 48.5 Å². The van der Waals surface area contributed by atoms with E-state index in [1.165, 1.54) is 7.11 Å². The van der Waals surface area contributed by atoms with Crippen LogP contribution in [0.15, 0.2) is 54.6 Å². The number of amides is 1. The average molecular weight is 394 g/mol. The van der Waals surface area contributed by atoms with Gasteiger partial charge in [0, 0.05) is 24.7 Å². The highest BCUT2D eigenvalue weighted by atomic mass is 16.5. The maximum atomic E-state index is 13.2. The topological polar surface area (TPSA) is 59.1 Å². The maximum absolute atomic E-state index is 13.2. The highest BCUT2D eigenvalue weighted by molar-refractivity contribution is 5.83. The zero-order chi connectivity index (χ0) is 20.4. The van der Waals surface area contributed by atoms with E-state index >= 15 is 0 Å². The SMILES string of the molecule is COC(=O)[C@H]1C[C@H]2CN(Cc3ccccc3OC)CC(=O)N2[C@H]1c1ccccc1. The summed E-state index contributed by atoms with van der Waals surface area (Å²) in [6.07, 6.45) is 0.612. The molecule has 0 aliphatic carbocycles. The summed E-state index contributed by atoms with van der Waals surface area (Å²) in [5.74, 6) is 0.277. The van der Waals surface area contributed by atoms with E-state index in [-0.39, 0.29) is 29.9 Å². The molecule has 0 spiro atoms. The van der Waals surface area contributed by atoms with Crippen molar-refractivity contribution in [2.24, 2.45) is 5.92 Å². The van der Waals surface area contributed by atoms with Gasteiger partial charge in [0.05, 0.1) is 32.7 Å². The van der Waals surface area contributed by atoms with Gasteiger partial charge in [-0.3, -0.25) is 14.5 Å². The molecule has 152 valence electrons. The lowest BCUT2D eigenvalue weighted by Gasteiger charge is -2.40. The van der Waals surface area contributed by atoms with Crippen LogP contribution in [-0.4, -0.2) is 55.0 Å².